The van der Waals surface area contributed by atoms with E-state index in [0.717, 1.165) is 23.4 Å². The Bertz CT molecular complexity index is 1600. The number of pyridine rings is 3. The van der Waals surface area contributed by atoms with Gasteiger partial charge in [0, 0.05) is 62.5 Å². The molecule has 344 valence electrons. The third kappa shape index (κ3) is 30.8. The molecule has 0 atom stereocenters. The molecular formula is C42H64B2BrLiN4O13. The molecule has 3 fully saturated rings. The van der Waals surface area contributed by atoms with E-state index < -0.39 is 24.6 Å². The summed E-state index contributed by atoms with van der Waals surface area (Å²) in [5, 5.41) is 25.9. The fourth-order valence-electron chi connectivity index (χ4n) is 4.83. The van der Waals surface area contributed by atoms with Crippen LogP contribution in [0.1, 0.15) is 81.1 Å². The van der Waals surface area contributed by atoms with Crippen molar-refractivity contribution in [1.82, 2.24) is 19.9 Å². The smallest absolute Gasteiger partial charge is 0.852 e. The van der Waals surface area contributed by atoms with Crippen LogP contribution in [0, 0.1) is 5.82 Å². The number of hydrogen-bond donors (Lipinski definition) is 2. The summed E-state index contributed by atoms with van der Waals surface area (Å²) in [6.45, 7) is 14.6. The summed E-state index contributed by atoms with van der Waals surface area (Å²) < 4.78 is 32.3. The number of fused-ring (bicyclic) bond motifs is 1. The van der Waals surface area contributed by atoms with Crippen LogP contribution in [-0.2, 0) is 47.3 Å². The van der Waals surface area contributed by atoms with Crippen LogP contribution in [0.5, 0.6) is 0 Å². The van der Waals surface area contributed by atoms with E-state index >= 15 is 0 Å². The normalized spacial score (nSPS) is 13.9. The SMILES string of the molecule is Brc1ccccn1.C1CCOC1.CC(C)OB(OC(C)C)c1ccccn1.CC(C)[O-].CN(CC(=O)O)CC(=O)O.COC(C)C.O=C1C[C+]2CC(=O)O[B-]2(c2ccccn2)O1.[Li+]. The molecule has 3 aliphatic heterocycles. The third-order valence-electron chi connectivity index (χ3n) is 7.41. The first-order valence-corrected chi connectivity index (χ1v) is 21.0. The zero-order chi connectivity index (χ0) is 47.1. The van der Waals surface area contributed by atoms with E-state index in [4.69, 9.17) is 38.3 Å². The molecule has 0 aliphatic carbocycles. The predicted octanol–water partition coefficient (Wildman–Crippen LogP) is 0.894. The molecule has 0 spiro atoms. The second-order valence-electron chi connectivity index (χ2n) is 14.7. The Morgan fingerprint density at radius 1 is 0.794 bits per heavy atom. The molecule has 21 heteroatoms. The van der Waals surface area contributed by atoms with E-state index in [1.54, 1.807) is 57.7 Å². The molecule has 17 nitrogen and oxygen atoms in total. The summed E-state index contributed by atoms with van der Waals surface area (Å²) in [5.41, 5.74) is 1.33. The number of aliphatic carboxylic acids is 2. The minimum absolute atomic E-state index is 0. The van der Waals surface area contributed by atoms with Gasteiger partial charge >= 0.3 is 56.4 Å². The summed E-state index contributed by atoms with van der Waals surface area (Å²) >= 11 is 3.20. The van der Waals surface area contributed by atoms with Gasteiger partial charge < -0.3 is 43.4 Å². The Labute approximate surface area is 393 Å². The van der Waals surface area contributed by atoms with Crippen LogP contribution in [0.4, 0.5) is 0 Å². The third-order valence-corrected chi connectivity index (χ3v) is 7.88. The van der Waals surface area contributed by atoms with Crippen molar-refractivity contribution < 1.29 is 81.4 Å². The second kappa shape index (κ2) is 35.5. The molecule has 2 N–H and O–H groups in total. The van der Waals surface area contributed by atoms with Gasteiger partial charge in [0.15, 0.2) is 0 Å². The molecule has 0 saturated carbocycles. The van der Waals surface area contributed by atoms with Crippen molar-refractivity contribution in [3.05, 3.63) is 83.6 Å². The van der Waals surface area contributed by atoms with Gasteiger partial charge in [-0.25, -0.2) is 4.98 Å². The van der Waals surface area contributed by atoms with Crippen LogP contribution in [0.25, 0.3) is 0 Å². The van der Waals surface area contributed by atoms with E-state index in [0.29, 0.717) is 17.5 Å². The number of aromatic nitrogens is 3. The van der Waals surface area contributed by atoms with Crippen molar-refractivity contribution >= 4 is 64.7 Å². The first kappa shape index (κ1) is 61.3. The molecule has 0 aromatic carbocycles. The fourth-order valence-corrected chi connectivity index (χ4v) is 5.10. The Hall–Kier alpha value is -3.83. The topological polar surface area (TPSA) is 229 Å². The molecule has 0 bridgehead atoms. The molecule has 3 aromatic heterocycles. The maximum atomic E-state index is 11.3. The quantitative estimate of drug-likeness (QED) is 0.155. The number of ether oxygens (including phenoxy) is 2. The number of hydrogen-bond acceptors (Lipinski definition) is 15. The Morgan fingerprint density at radius 3 is 1.51 bits per heavy atom. The van der Waals surface area contributed by atoms with Gasteiger partial charge in [0.1, 0.15) is 17.4 Å². The molecule has 0 unspecified atom stereocenters. The number of halogens is 1. The summed E-state index contributed by atoms with van der Waals surface area (Å²) in [5.74, 6) is -2.05. The van der Waals surface area contributed by atoms with Crippen LogP contribution in [0.3, 0.4) is 0 Å². The maximum Gasteiger partial charge on any atom is 1.00 e. The maximum absolute atomic E-state index is 11.3. The predicted molar refractivity (Wildman–Crippen MR) is 238 cm³/mol. The average Bonchev–Trinajstić information content (AvgIpc) is 3.94. The number of rotatable bonds is 11. The molecule has 3 aliphatic rings. The molecule has 0 amide bonds. The molecule has 6 rings (SSSR count). The second-order valence-corrected chi connectivity index (χ2v) is 15.5. The standard InChI is InChI=1S/C11H18BNO2.C10H8BNO4.C5H4BrN.C5H9NO4.C4H8O.C4H10O.C3H7O.Li/c1-9(2)14-12(15-10(3)4)11-7-5-6-8-13-11;13-9-5-7-6-10(14)16-11(7,15-9)8-3-1-2-4-12-8;6-5-3-1-2-4-7-5;1-6(2-4(7)8)3-5(9)10;1-2-4-5-3-1;1-4(2)5-3;1-3(2)4;/h5-10H,1-4H3;1-4H,5-6H2;1-4H;2-3H2,1H3,(H,7,8)(H,9,10);1-4H2;4H,1-3H3;3H,1-2H3;/q;;;;;;-1;+1. The largest absolute Gasteiger partial charge is 1.00 e. The Balaban J connectivity index is 0. The number of likely N-dealkylation sites (N-methyl/N-ethyl adjacent to an activating group) is 1. The van der Waals surface area contributed by atoms with Gasteiger partial charge in [-0.3, -0.25) is 34.0 Å². The molecule has 63 heavy (non-hydrogen) atoms. The van der Waals surface area contributed by atoms with Gasteiger partial charge in [0.05, 0.1) is 24.8 Å². The van der Waals surface area contributed by atoms with Crippen LogP contribution in [0.2, 0.25) is 0 Å². The number of nitrogens with zero attached hydrogens (tertiary/aromatic N) is 4. The molecular weight excluding hydrogens is 877 g/mol. The number of carbonyl (C=O) groups is 4. The average molecular weight is 941 g/mol. The van der Waals surface area contributed by atoms with Crippen LogP contribution >= 0.6 is 15.9 Å². The molecule has 3 saturated heterocycles. The number of carboxylic acids is 2. The van der Waals surface area contributed by atoms with Crippen LogP contribution in [0.15, 0.2) is 77.8 Å². The summed E-state index contributed by atoms with van der Waals surface area (Å²) in [7, 11) is 2.76. The summed E-state index contributed by atoms with van der Waals surface area (Å²) in [6, 6.07) is 16.7. The van der Waals surface area contributed by atoms with Gasteiger partial charge in [-0.15, -0.1) is 6.10 Å². The number of carbonyl (C=O) groups excluding carboxylic acids is 2. The van der Waals surface area contributed by atoms with Crippen LogP contribution in [-0.4, -0.2) is 132 Å². The van der Waals surface area contributed by atoms with Gasteiger partial charge in [-0.1, -0.05) is 38.1 Å². The Kier molecular flexibility index (Phi) is 34.5. The van der Waals surface area contributed by atoms with Crippen molar-refractivity contribution in [3.63, 3.8) is 0 Å². The fraction of sp³-hybridized carbons (Fsp3) is 0.524. The molecule has 0 radical (unpaired) electrons. The minimum Gasteiger partial charge on any atom is -0.852 e. The van der Waals surface area contributed by atoms with Crippen molar-refractivity contribution in [3.8, 4) is 0 Å². The number of methoxy groups -OCH3 is 1. The summed E-state index contributed by atoms with van der Waals surface area (Å²) in [4.78, 5) is 55.9. The first-order chi connectivity index (χ1) is 29.2. The molecule has 3 aromatic rings. The van der Waals surface area contributed by atoms with E-state index in [1.165, 1.54) is 24.8 Å². The molecule has 6 heterocycles. The van der Waals surface area contributed by atoms with Crippen LogP contribution < -0.4 is 35.2 Å². The number of carboxylic acid groups (broad SMARTS) is 2. The van der Waals surface area contributed by atoms with Gasteiger partial charge in [-0.2, -0.15) is 0 Å². The minimum atomic E-state index is -2.09. The summed E-state index contributed by atoms with van der Waals surface area (Å²) in [6.07, 6.45) is 8.15. The van der Waals surface area contributed by atoms with E-state index in [1.807, 2.05) is 77.9 Å². The van der Waals surface area contributed by atoms with Gasteiger partial charge in [0.2, 0.25) is 0 Å². The van der Waals surface area contributed by atoms with E-state index in [9.17, 15) is 24.3 Å². The van der Waals surface area contributed by atoms with Gasteiger partial charge in [-0.05, 0) is 108 Å². The van der Waals surface area contributed by atoms with E-state index in [2.05, 4.69) is 30.9 Å². The first-order valence-electron chi connectivity index (χ1n) is 20.2. The van der Waals surface area contributed by atoms with Crippen molar-refractivity contribution in [1.29, 1.82) is 0 Å². The van der Waals surface area contributed by atoms with Crippen molar-refractivity contribution in [2.45, 2.75) is 105 Å². The monoisotopic (exact) mass is 940 g/mol. The van der Waals surface area contributed by atoms with Gasteiger partial charge in [0.25, 0.3) is 0 Å². The van der Waals surface area contributed by atoms with E-state index in [-0.39, 0.29) is 76.1 Å². The zero-order valence-corrected chi connectivity index (χ0v) is 40.2. The Morgan fingerprint density at radius 2 is 1.22 bits per heavy atom. The van der Waals surface area contributed by atoms with Crippen molar-refractivity contribution in [2.75, 3.05) is 40.5 Å². The van der Waals surface area contributed by atoms with Crippen molar-refractivity contribution in [2.24, 2.45) is 0 Å². The zero-order valence-electron chi connectivity index (χ0n) is 38.6.